The first kappa shape index (κ1) is 15.5. The van der Waals surface area contributed by atoms with Gasteiger partial charge < -0.3 is 15.0 Å². The van der Waals surface area contributed by atoms with Crippen LogP contribution in [0.25, 0.3) is 0 Å². The average Bonchev–Trinajstić information content (AvgIpc) is 2.85. The second-order valence-corrected chi connectivity index (χ2v) is 5.86. The fraction of sp³-hybridized carbons (Fsp3) is 0.438. The van der Waals surface area contributed by atoms with E-state index in [-0.39, 0.29) is 24.5 Å². The molecule has 1 aromatic carbocycles. The van der Waals surface area contributed by atoms with Crippen molar-refractivity contribution in [1.29, 1.82) is 0 Å². The van der Waals surface area contributed by atoms with Gasteiger partial charge in [-0.25, -0.2) is 4.79 Å². The summed E-state index contributed by atoms with van der Waals surface area (Å²) >= 11 is 0. The zero-order chi connectivity index (χ0) is 16.4. The highest BCUT2D eigenvalue weighted by Gasteiger charge is 2.35. The van der Waals surface area contributed by atoms with E-state index in [4.69, 9.17) is 4.74 Å². The number of amides is 4. The van der Waals surface area contributed by atoms with Gasteiger partial charge in [-0.2, -0.15) is 0 Å². The number of rotatable bonds is 3. The van der Waals surface area contributed by atoms with Gasteiger partial charge in [0.25, 0.3) is 5.91 Å². The van der Waals surface area contributed by atoms with Crippen LogP contribution < -0.4 is 10.6 Å². The first-order valence-electron chi connectivity index (χ1n) is 7.62. The Morgan fingerprint density at radius 3 is 2.65 bits per heavy atom. The van der Waals surface area contributed by atoms with Crippen LogP contribution in [-0.4, -0.2) is 48.0 Å². The van der Waals surface area contributed by atoms with E-state index in [1.54, 1.807) is 4.90 Å². The van der Waals surface area contributed by atoms with Crippen LogP contribution in [0.5, 0.6) is 0 Å². The van der Waals surface area contributed by atoms with Gasteiger partial charge >= 0.3 is 6.03 Å². The van der Waals surface area contributed by atoms with Gasteiger partial charge in [0.05, 0.1) is 19.1 Å². The zero-order valence-electron chi connectivity index (χ0n) is 12.8. The van der Waals surface area contributed by atoms with Crippen LogP contribution in [-0.2, 0) is 14.3 Å². The van der Waals surface area contributed by atoms with E-state index in [1.807, 2.05) is 37.3 Å². The molecule has 0 saturated carbocycles. The smallest absolute Gasteiger partial charge is 0.322 e. The predicted octanol–water partition coefficient (Wildman–Crippen LogP) is 0.573. The van der Waals surface area contributed by atoms with E-state index < -0.39 is 18.0 Å². The molecular weight excluding hydrogens is 298 g/mol. The fourth-order valence-electron chi connectivity index (χ4n) is 2.91. The molecule has 7 nitrogen and oxygen atoms in total. The van der Waals surface area contributed by atoms with Gasteiger partial charge in [0.15, 0.2) is 0 Å². The predicted molar refractivity (Wildman–Crippen MR) is 81.4 cm³/mol. The number of hydrogen-bond donors (Lipinski definition) is 2. The zero-order valence-corrected chi connectivity index (χ0v) is 12.8. The van der Waals surface area contributed by atoms with E-state index >= 15 is 0 Å². The summed E-state index contributed by atoms with van der Waals surface area (Å²) in [5, 5.41) is 4.58. The van der Waals surface area contributed by atoms with Crippen molar-refractivity contribution in [2.75, 3.05) is 13.1 Å². The van der Waals surface area contributed by atoms with Crippen molar-refractivity contribution in [3.63, 3.8) is 0 Å². The minimum absolute atomic E-state index is 0.0359. The maximum Gasteiger partial charge on any atom is 0.322 e. The molecule has 2 saturated heterocycles. The number of ether oxygens (including phenoxy) is 1. The lowest BCUT2D eigenvalue weighted by Gasteiger charge is -2.37. The highest BCUT2D eigenvalue weighted by Crippen LogP contribution is 2.25. The molecule has 0 radical (unpaired) electrons. The standard InChI is InChI=1S/C16H19N3O4/c1-10-8-19(9-13(23-10)11-5-3-2-4-6-11)14(20)7-12-15(21)18-16(22)17-12/h2-6,10,12-13H,7-9H2,1H3,(H2,17,18,21,22)/t10-,12-,13+/m1/s1. The number of nitrogens with zero attached hydrogens (tertiary/aromatic N) is 1. The maximum absolute atomic E-state index is 12.5. The Balaban J connectivity index is 1.66. The summed E-state index contributed by atoms with van der Waals surface area (Å²) in [7, 11) is 0. The summed E-state index contributed by atoms with van der Waals surface area (Å²) < 4.78 is 5.92. The monoisotopic (exact) mass is 317 g/mol. The molecule has 3 atom stereocenters. The number of urea groups is 1. The summed E-state index contributed by atoms with van der Waals surface area (Å²) in [4.78, 5) is 36.9. The molecule has 1 aromatic rings. The third kappa shape index (κ3) is 3.50. The highest BCUT2D eigenvalue weighted by molar-refractivity contribution is 6.05. The normalized spacial score (nSPS) is 27.5. The lowest BCUT2D eigenvalue weighted by atomic mass is 10.1. The summed E-state index contributed by atoms with van der Waals surface area (Å²) in [5.74, 6) is -0.618. The number of carbonyl (C=O) groups excluding carboxylic acids is 3. The van der Waals surface area contributed by atoms with Crippen molar-refractivity contribution in [3.8, 4) is 0 Å². The van der Waals surface area contributed by atoms with Crippen molar-refractivity contribution >= 4 is 17.8 Å². The number of benzene rings is 1. The molecule has 0 aliphatic carbocycles. The van der Waals surface area contributed by atoms with Crippen molar-refractivity contribution in [2.24, 2.45) is 0 Å². The van der Waals surface area contributed by atoms with Crippen molar-refractivity contribution in [2.45, 2.75) is 31.6 Å². The molecule has 0 unspecified atom stereocenters. The molecular formula is C16H19N3O4. The number of carbonyl (C=O) groups is 3. The molecule has 2 heterocycles. The van der Waals surface area contributed by atoms with Gasteiger partial charge in [-0.05, 0) is 12.5 Å². The number of hydrogen-bond acceptors (Lipinski definition) is 4. The minimum atomic E-state index is -0.789. The van der Waals surface area contributed by atoms with E-state index in [0.29, 0.717) is 13.1 Å². The van der Waals surface area contributed by atoms with Crippen LogP contribution in [0.3, 0.4) is 0 Å². The van der Waals surface area contributed by atoms with Gasteiger partial charge in [-0.3, -0.25) is 14.9 Å². The quantitative estimate of drug-likeness (QED) is 0.798. The highest BCUT2D eigenvalue weighted by atomic mass is 16.5. The second-order valence-electron chi connectivity index (χ2n) is 5.86. The summed E-state index contributed by atoms with van der Waals surface area (Å²) in [6.45, 7) is 2.83. The summed E-state index contributed by atoms with van der Waals surface area (Å²) in [6, 6.07) is 8.39. The van der Waals surface area contributed by atoms with Gasteiger partial charge in [0, 0.05) is 6.54 Å². The minimum Gasteiger partial charge on any atom is -0.367 e. The Morgan fingerprint density at radius 1 is 1.26 bits per heavy atom. The van der Waals surface area contributed by atoms with E-state index in [1.165, 1.54) is 0 Å². The van der Waals surface area contributed by atoms with E-state index in [2.05, 4.69) is 10.6 Å². The first-order valence-corrected chi connectivity index (χ1v) is 7.62. The maximum atomic E-state index is 12.5. The van der Waals surface area contributed by atoms with Gasteiger partial charge in [0.1, 0.15) is 12.1 Å². The number of imide groups is 1. The Morgan fingerprint density at radius 2 is 2.00 bits per heavy atom. The molecule has 23 heavy (non-hydrogen) atoms. The Labute approximate surface area is 134 Å². The Bertz CT molecular complexity index is 619. The molecule has 2 aliphatic rings. The number of morpholine rings is 1. The lowest BCUT2D eigenvalue weighted by Crippen LogP contribution is -2.48. The molecule has 2 aliphatic heterocycles. The van der Waals surface area contributed by atoms with Crippen LogP contribution in [0.1, 0.15) is 25.0 Å². The van der Waals surface area contributed by atoms with Crippen molar-refractivity contribution in [1.82, 2.24) is 15.5 Å². The molecule has 2 fully saturated rings. The van der Waals surface area contributed by atoms with E-state index in [0.717, 1.165) is 5.56 Å². The molecule has 7 heteroatoms. The first-order chi connectivity index (χ1) is 11.0. The largest absolute Gasteiger partial charge is 0.367 e. The van der Waals surface area contributed by atoms with Crippen LogP contribution >= 0.6 is 0 Å². The Hall–Kier alpha value is -2.41. The van der Waals surface area contributed by atoms with Crippen molar-refractivity contribution in [3.05, 3.63) is 35.9 Å². The van der Waals surface area contributed by atoms with Gasteiger partial charge in [-0.15, -0.1) is 0 Å². The summed E-state index contributed by atoms with van der Waals surface area (Å²) in [6.07, 6.45) is -0.313. The lowest BCUT2D eigenvalue weighted by molar-refractivity contribution is -0.146. The average molecular weight is 317 g/mol. The van der Waals surface area contributed by atoms with Gasteiger partial charge in [-0.1, -0.05) is 30.3 Å². The molecule has 2 N–H and O–H groups in total. The van der Waals surface area contributed by atoms with Crippen LogP contribution in [0, 0.1) is 0 Å². The SMILES string of the molecule is C[C@@H]1CN(C(=O)C[C@H]2NC(=O)NC2=O)C[C@@H](c2ccccc2)O1. The van der Waals surface area contributed by atoms with Crippen molar-refractivity contribution < 1.29 is 19.1 Å². The Kier molecular flexibility index (Phi) is 4.29. The van der Waals surface area contributed by atoms with Crippen LogP contribution in [0.4, 0.5) is 4.79 Å². The van der Waals surface area contributed by atoms with Crippen LogP contribution in [0.2, 0.25) is 0 Å². The summed E-state index contributed by atoms with van der Waals surface area (Å²) in [5.41, 5.74) is 1.02. The van der Waals surface area contributed by atoms with Gasteiger partial charge in [0.2, 0.25) is 5.91 Å². The fourth-order valence-corrected chi connectivity index (χ4v) is 2.91. The molecule has 0 aromatic heterocycles. The van der Waals surface area contributed by atoms with Crippen LogP contribution in [0.15, 0.2) is 30.3 Å². The third-order valence-electron chi connectivity index (χ3n) is 4.02. The number of nitrogens with one attached hydrogen (secondary N) is 2. The molecule has 4 amide bonds. The molecule has 0 bridgehead atoms. The van der Waals surface area contributed by atoms with E-state index in [9.17, 15) is 14.4 Å². The third-order valence-corrected chi connectivity index (χ3v) is 4.02. The topological polar surface area (TPSA) is 87.7 Å². The molecule has 0 spiro atoms. The molecule has 3 rings (SSSR count). The molecule has 122 valence electrons. The second kappa shape index (κ2) is 6.37.